The summed E-state index contributed by atoms with van der Waals surface area (Å²) in [5.41, 5.74) is 1.53. The molecule has 0 aliphatic carbocycles. The molecule has 1 saturated heterocycles. The highest BCUT2D eigenvalue weighted by Gasteiger charge is 2.20. The SMILES string of the molecule is CCc1nsc(N2CCN(c3ccc(C#N)nc3)CC2)n1. The summed E-state index contributed by atoms with van der Waals surface area (Å²) in [6.45, 7) is 5.78. The Labute approximate surface area is 127 Å². The van der Waals surface area contributed by atoms with Crippen LogP contribution in [0.3, 0.4) is 0 Å². The van der Waals surface area contributed by atoms with E-state index in [2.05, 4.69) is 31.1 Å². The maximum Gasteiger partial charge on any atom is 0.205 e. The van der Waals surface area contributed by atoms with Gasteiger partial charge >= 0.3 is 0 Å². The van der Waals surface area contributed by atoms with Gasteiger partial charge in [0.05, 0.1) is 11.9 Å². The van der Waals surface area contributed by atoms with Crippen LogP contribution in [0.1, 0.15) is 18.4 Å². The van der Waals surface area contributed by atoms with E-state index in [0.717, 1.165) is 49.2 Å². The molecule has 0 bridgehead atoms. The summed E-state index contributed by atoms with van der Waals surface area (Å²) in [6, 6.07) is 5.77. The second-order valence-corrected chi connectivity index (χ2v) is 5.56. The first-order valence-corrected chi connectivity index (χ1v) is 7.76. The van der Waals surface area contributed by atoms with Crippen LogP contribution in [0.25, 0.3) is 0 Å². The lowest BCUT2D eigenvalue weighted by Gasteiger charge is -2.35. The van der Waals surface area contributed by atoms with Gasteiger partial charge < -0.3 is 9.80 Å². The Balaban J connectivity index is 1.63. The number of nitriles is 1. The third kappa shape index (κ3) is 2.95. The zero-order chi connectivity index (χ0) is 14.7. The fraction of sp³-hybridized carbons (Fsp3) is 0.429. The molecule has 3 heterocycles. The summed E-state index contributed by atoms with van der Waals surface area (Å²) < 4.78 is 4.34. The summed E-state index contributed by atoms with van der Waals surface area (Å²) in [4.78, 5) is 13.2. The maximum atomic E-state index is 8.78. The quantitative estimate of drug-likeness (QED) is 0.859. The van der Waals surface area contributed by atoms with Crippen molar-refractivity contribution in [2.45, 2.75) is 13.3 Å². The Hall–Kier alpha value is -2.20. The summed E-state index contributed by atoms with van der Waals surface area (Å²) in [5, 5.41) is 9.80. The summed E-state index contributed by atoms with van der Waals surface area (Å²) in [5.74, 6) is 0.925. The molecule has 0 spiro atoms. The maximum absolute atomic E-state index is 8.78. The van der Waals surface area contributed by atoms with Gasteiger partial charge in [-0.05, 0) is 12.1 Å². The van der Waals surface area contributed by atoms with E-state index in [-0.39, 0.29) is 0 Å². The van der Waals surface area contributed by atoms with Crippen LogP contribution in [0.5, 0.6) is 0 Å². The van der Waals surface area contributed by atoms with Crippen molar-refractivity contribution in [3.63, 3.8) is 0 Å². The topological polar surface area (TPSA) is 68.9 Å². The Morgan fingerprint density at radius 2 is 2.00 bits per heavy atom. The Morgan fingerprint density at radius 3 is 2.57 bits per heavy atom. The molecule has 21 heavy (non-hydrogen) atoms. The molecule has 0 radical (unpaired) electrons. The van der Waals surface area contributed by atoms with E-state index in [4.69, 9.17) is 5.26 Å². The third-order valence-electron chi connectivity index (χ3n) is 3.55. The number of aromatic nitrogens is 3. The van der Waals surface area contributed by atoms with Crippen LogP contribution in [0.2, 0.25) is 0 Å². The number of hydrogen-bond donors (Lipinski definition) is 0. The van der Waals surface area contributed by atoms with E-state index in [1.165, 1.54) is 11.5 Å². The van der Waals surface area contributed by atoms with Crippen molar-refractivity contribution >= 4 is 22.4 Å². The predicted octanol–water partition coefficient (Wildman–Crippen LogP) is 1.69. The summed E-state index contributed by atoms with van der Waals surface area (Å²) in [6.07, 6.45) is 2.65. The molecule has 0 atom stereocenters. The van der Waals surface area contributed by atoms with Gasteiger partial charge in [-0.1, -0.05) is 6.92 Å². The molecule has 6 nitrogen and oxygen atoms in total. The minimum atomic E-state index is 0.457. The lowest BCUT2D eigenvalue weighted by Crippen LogP contribution is -2.46. The van der Waals surface area contributed by atoms with E-state index in [0.29, 0.717) is 5.69 Å². The van der Waals surface area contributed by atoms with Crippen LogP contribution in [0, 0.1) is 11.3 Å². The molecule has 2 aromatic heterocycles. The van der Waals surface area contributed by atoms with Crippen molar-refractivity contribution < 1.29 is 0 Å². The van der Waals surface area contributed by atoms with Crippen molar-refractivity contribution in [1.82, 2.24) is 14.3 Å². The van der Waals surface area contributed by atoms with Gasteiger partial charge in [-0.15, -0.1) is 0 Å². The van der Waals surface area contributed by atoms with E-state index >= 15 is 0 Å². The Morgan fingerprint density at radius 1 is 1.24 bits per heavy atom. The highest BCUT2D eigenvalue weighted by atomic mass is 32.1. The van der Waals surface area contributed by atoms with Gasteiger partial charge in [0, 0.05) is 44.1 Å². The molecule has 0 amide bonds. The van der Waals surface area contributed by atoms with Crippen molar-refractivity contribution in [2.24, 2.45) is 0 Å². The van der Waals surface area contributed by atoms with E-state index < -0.39 is 0 Å². The lowest BCUT2D eigenvalue weighted by molar-refractivity contribution is 0.650. The molecule has 1 aliphatic rings. The monoisotopic (exact) mass is 300 g/mol. The number of nitrogens with zero attached hydrogens (tertiary/aromatic N) is 6. The van der Waals surface area contributed by atoms with Gasteiger partial charge in [0.15, 0.2) is 0 Å². The predicted molar refractivity (Wildman–Crippen MR) is 82.7 cm³/mol. The molecule has 1 fully saturated rings. The zero-order valence-electron chi connectivity index (χ0n) is 11.9. The molecule has 3 rings (SSSR count). The lowest BCUT2D eigenvalue weighted by atomic mass is 10.2. The van der Waals surface area contributed by atoms with Gasteiger partial charge in [-0.25, -0.2) is 9.97 Å². The number of rotatable bonds is 3. The van der Waals surface area contributed by atoms with Crippen molar-refractivity contribution in [3.8, 4) is 6.07 Å². The fourth-order valence-corrected chi connectivity index (χ4v) is 3.11. The van der Waals surface area contributed by atoms with Crippen LogP contribution in [-0.4, -0.2) is 40.5 Å². The number of anilines is 2. The molecule has 108 valence electrons. The molecule has 0 saturated carbocycles. The average molecular weight is 300 g/mol. The minimum absolute atomic E-state index is 0.457. The van der Waals surface area contributed by atoms with Crippen molar-refractivity contribution in [2.75, 3.05) is 36.0 Å². The van der Waals surface area contributed by atoms with Crippen LogP contribution in [-0.2, 0) is 6.42 Å². The van der Waals surface area contributed by atoms with E-state index in [9.17, 15) is 0 Å². The third-order valence-corrected chi connectivity index (χ3v) is 4.37. The molecule has 0 unspecified atom stereocenters. The summed E-state index contributed by atoms with van der Waals surface area (Å²) in [7, 11) is 0. The van der Waals surface area contributed by atoms with Gasteiger partial charge in [0.25, 0.3) is 0 Å². The van der Waals surface area contributed by atoms with Crippen LogP contribution in [0.4, 0.5) is 10.8 Å². The number of aryl methyl sites for hydroxylation is 1. The van der Waals surface area contributed by atoms with E-state index in [1.54, 1.807) is 12.3 Å². The van der Waals surface area contributed by atoms with Gasteiger partial charge in [0.1, 0.15) is 17.6 Å². The normalized spacial score (nSPS) is 15.0. The number of pyridine rings is 1. The number of piperazine rings is 1. The van der Waals surface area contributed by atoms with Crippen LogP contribution >= 0.6 is 11.5 Å². The van der Waals surface area contributed by atoms with Crippen LogP contribution < -0.4 is 9.80 Å². The molecular formula is C14H16N6S. The highest BCUT2D eigenvalue weighted by molar-refractivity contribution is 7.09. The Kier molecular flexibility index (Phi) is 3.97. The Bertz CT molecular complexity index is 636. The largest absolute Gasteiger partial charge is 0.367 e. The first-order valence-electron chi connectivity index (χ1n) is 6.99. The van der Waals surface area contributed by atoms with Gasteiger partial charge in [-0.2, -0.15) is 9.64 Å². The smallest absolute Gasteiger partial charge is 0.205 e. The summed E-state index contributed by atoms with van der Waals surface area (Å²) >= 11 is 1.48. The van der Waals surface area contributed by atoms with E-state index in [1.807, 2.05) is 12.1 Å². The highest BCUT2D eigenvalue weighted by Crippen LogP contribution is 2.21. The van der Waals surface area contributed by atoms with Crippen molar-refractivity contribution in [1.29, 1.82) is 5.26 Å². The average Bonchev–Trinajstić information content (AvgIpc) is 3.04. The molecule has 0 N–H and O–H groups in total. The molecule has 1 aliphatic heterocycles. The standard InChI is InChI=1S/C14H16N6S/c1-2-13-17-14(21-18-13)20-7-5-19(6-8-20)12-4-3-11(9-15)16-10-12/h3-4,10H,2,5-8H2,1H3. The van der Waals surface area contributed by atoms with Gasteiger partial charge in [-0.3, -0.25) is 0 Å². The second-order valence-electron chi connectivity index (χ2n) is 4.83. The second kappa shape index (κ2) is 6.06. The first kappa shape index (κ1) is 13.8. The zero-order valence-corrected chi connectivity index (χ0v) is 12.7. The molecule has 0 aromatic carbocycles. The molecular weight excluding hydrogens is 284 g/mol. The van der Waals surface area contributed by atoms with Gasteiger partial charge in [0.2, 0.25) is 5.13 Å². The molecule has 2 aromatic rings. The van der Waals surface area contributed by atoms with Crippen LogP contribution in [0.15, 0.2) is 18.3 Å². The van der Waals surface area contributed by atoms with Crippen molar-refractivity contribution in [3.05, 3.63) is 29.8 Å². The molecule has 7 heteroatoms. The minimum Gasteiger partial charge on any atom is -0.367 e. The number of hydrogen-bond acceptors (Lipinski definition) is 7. The first-order chi connectivity index (χ1) is 10.3. The fourth-order valence-electron chi connectivity index (χ4n) is 2.31.